The molecule has 0 spiro atoms. The third-order valence-corrected chi connectivity index (χ3v) is 4.68. The van der Waals surface area contributed by atoms with E-state index in [1.807, 2.05) is 23.1 Å². The van der Waals surface area contributed by atoms with E-state index in [1.54, 1.807) is 7.11 Å². The molecule has 2 aliphatic heterocycles. The normalized spacial score (nSPS) is 22.7. The van der Waals surface area contributed by atoms with Crippen molar-refractivity contribution in [3.63, 3.8) is 0 Å². The first kappa shape index (κ1) is 15.4. The zero-order valence-corrected chi connectivity index (χ0v) is 13.6. The fraction of sp³-hybridized carbons (Fsp3) is 0.562. The number of piperidine rings is 1. The van der Waals surface area contributed by atoms with Crippen molar-refractivity contribution in [2.45, 2.75) is 25.4 Å². The van der Waals surface area contributed by atoms with Gasteiger partial charge in [-0.05, 0) is 37.6 Å². The van der Waals surface area contributed by atoms with Crippen LogP contribution in [0.5, 0.6) is 5.75 Å². The van der Waals surface area contributed by atoms with E-state index in [0.29, 0.717) is 6.04 Å². The Kier molecular flexibility index (Phi) is 4.74. The summed E-state index contributed by atoms with van der Waals surface area (Å²) in [6.07, 6.45) is 2.19. The van der Waals surface area contributed by atoms with Crippen LogP contribution in [0, 0.1) is 0 Å². The number of carbonyl (C=O) groups is 1. The highest BCUT2D eigenvalue weighted by atomic mass is 35.5. The van der Waals surface area contributed by atoms with Crippen LogP contribution >= 0.6 is 11.6 Å². The molecule has 0 saturated carbocycles. The van der Waals surface area contributed by atoms with Gasteiger partial charge in [0.05, 0.1) is 7.11 Å². The van der Waals surface area contributed by atoms with E-state index in [9.17, 15) is 4.79 Å². The smallest absolute Gasteiger partial charge is 0.317 e. The van der Waals surface area contributed by atoms with Crippen molar-refractivity contribution in [2.75, 3.05) is 33.3 Å². The molecule has 0 radical (unpaired) electrons. The predicted octanol–water partition coefficient (Wildman–Crippen LogP) is 2.34. The van der Waals surface area contributed by atoms with Crippen molar-refractivity contribution in [3.8, 4) is 5.75 Å². The Morgan fingerprint density at radius 2 is 2.27 bits per heavy atom. The summed E-state index contributed by atoms with van der Waals surface area (Å²) in [5, 5.41) is 3.61. The molecule has 2 aliphatic rings. The number of carbonyl (C=O) groups excluding carboxylic acids is 1. The van der Waals surface area contributed by atoms with Gasteiger partial charge in [0, 0.05) is 42.8 Å². The first-order valence-corrected chi connectivity index (χ1v) is 8.14. The fourth-order valence-electron chi connectivity index (χ4n) is 3.38. The quantitative estimate of drug-likeness (QED) is 0.925. The molecule has 6 heteroatoms. The third kappa shape index (κ3) is 3.31. The highest BCUT2D eigenvalue weighted by molar-refractivity contribution is 6.30. The fourth-order valence-corrected chi connectivity index (χ4v) is 3.57. The van der Waals surface area contributed by atoms with E-state index in [4.69, 9.17) is 16.3 Å². The van der Waals surface area contributed by atoms with Crippen LogP contribution in [-0.4, -0.2) is 55.2 Å². The van der Waals surface area contributed by atoms with Crippen LogP contribution in [-0.2, 0) is 6.54 Å². The third-order valence-electron chi connectivity index (χ3n) is 4.45. The number of nitrogens with zero attached hydrogens (tertiary/aromatic N) is 2. The van der Waals surface area contributed by atoms with E-state index in [1.165, 1.54) is 0 Å². The molecular formula is C16H22ClN3O2. The number of ether oxygens (including phenoxy) is 1. The van der Waals surface area contributed by atoms with Crippen LogP contribution in [0.15, 0.2) is 18.2 Å². The first-order valence-electron chi connectivity index (χ1n) is 7.76. The minimum atomic E-state index is 0.0761. The molecule has 5 nitrogen and oxygen atoms in total. The molecule has 1 aromatic carbocycles. The number of nitrogens with one attached hydrogen (secondary N) is 1. The van der Waals surface area contributed by atoms with E-state index in [0.717, 1.165) is 61.9 Å². The maximum atomic E-state index is 11.8. The van der Waals surface area contributed by atoms with Crippen LogP contribution in [0.3, 0.4) is 0 Å². The van der Waals surface area contributed by atoms with Crippen molar-refractivity contribution in [1.29, 1.82) is 0 Å². The molecule has 22 heavy (non-hydrogen) atoms. The highest BCUT2D eigenvalue weighted by Gasteiger charge is 2.31. The van der Waals surface area contributed by atoms with Crippen LogP contribution in [0.4, 0.5) is 4.79 Å². The van der Waals surface area contributed by atoms with Gasteiger partial charge in [-0.3, -0.25) is 4.90 Å². The zero-order valence-electron chi connectivity index (χ0n) is 12.8. The monoisotopic (exact) mass is 323 g/mol. The summed E-state index contributed by atoms with van der Waals surface area (Å²) in [4.78, 5) is 16.2. The molecule has 1 N–H and O–H groups in total. The Hall–Kier alpha value is -1.46. The lowest BCUT2D eigenvalue weighted by molar-refractivity contribution is 0.121. The molecule has 0 bridgehead atoms. The number of rotatable bonds is 4. The van der Waals surface area contributed by atoms with Gasteiger partial charge in [0.25, 0.3) is 0 Å². The zero-order chi connectivity index (χ0) is 15.5. The number of hydrogen-bond acceptors (Lipinski definition) is 3. The van der Waals surface area contributed by atoms with E-state index >= 15 is 0 Å². The van der Waals surface area contributed by atoms with Crippen molar-refractivity contribution >= 4 is 17.6 Å². The Morgan fingerprint density at radius 3 is 3.00 bits per heavy atom. The second-order valence-corrected chi connectivity index (χ2v) is 6.35. The lowest BCUT2D eigenvalue weighted by Crippen LogP contribution is -2.48. The second kappa shape index (κ2) is 6.75. The minimum absolute atomic E-state index is 0.0761. The molecule has 2 heterocycles. The van der Waals surface area contributed by atoms with Crippen LogP contribution in [0.25, 0.3) is 0 Å². The van der Waals surface area contributed by atoms with Gasteiger partial charge in [0.2, 0.25) is 0 Å². The molecule has 3 rings (SSSR count). The number of amides is 2. The standard InChI is InChI=1S/C16H22ClN3O2/c1-22-15-5-4-13(17)9-12(15)10-19-7-2-3-14(11-19)20-8-6-18-16(20)21/h4-5,9,14H,2-3,6-8,10-11H2,1H3,(H,18,21)/t14-/m0/s1. The lowest BCUT2D eigenvalue weighted by Gasteiger charge is -2.37. The Morgan fingerprint density at radius 1 is 1.41 bits per heavy atom. The lowest BCUT2D eigenvalue weighted by atomic mass is 10.0. The summed E-state index contributed by atoms with van der Waals surface area (Å²) in [5.41, 5.74) is 1.10. The second-order valence-electron chi connectivity index (χ2n) is 5.91. The molecule has 2 fully saturated rings. The van der Waals surface area contributed by atoms with Gasteiger partial charge >= 0.3 is 6.03 Å². The number of hydrogen-bond donors (Lipinski definition) is 1. The number of halogens is 1. The van der Waals surface area contributed by atoms with Gasteiger partial charge in [-0.25, -0.2) is 4.79 Å². The molecule has 1 atom stereocenters. The van der Waals surface area contributed by atoms with Crippen LogP contribution in [0.1, 0.15) is 18.4 Å². The van der Waals surface area contributed by atoms with Gasteiger partial charge in [0.15, 0.2) is 0 Å². The van der Waals surface area contributed by atoms with Gasteiger partial charge in [-0.2, -0.15) is 0 Å². The van der Waals surface area contributed by atoms with Crippen LogP contribution in [0.2, 0.25) is 5.02 Å². The van der Waals surface area contributed by atoms with Gasteiger partial charge < -0.3 is 15.0 Å². The summed E-state index contributed by atoms with van der Waals surface area (Å²) >= 11 is 6.11. The average Bonchev–Trinajstić information content (AvgIpc) is 2.94. The number of benzene rings is 1. The maximum absolute atomic E-state index is 11.8. The molecule has 0 aromatic heterocycles. The highest BCUT2D eigenvalue weighted by Crippen LogP contribution is 2.26. The van der Waals surface area contributed by atoms with E-state index in [2.05, 4.69) is 10.2 Å². The summed E-state index contributed by atoms with van der Waals surface area (Å²) < 4.78 is 5.43. The van der Waals surface area contributed by atoms with Crippen molar-refractivity contribution in [1.82, 2.24) is 15.1 Å². The van der Waals surface area contributed by atoms with Crippen molar-refractivity contribution < 1.29 is 9.53 Å². The molecular weight excluding hydrogens is 302 g/mol. The number of likely N-dealkylation sites (tertiary alicyclic amines) is 1. The van der Waals surface area contributed by atoms with Gasteiger partial charge in [-0.1, -0.05) is 11.6 Å². The Bertz CT molecular complexity index is 552. The summed E-state index contributed by atoms with van der Waals surface area (Å²) in [5.74, 6) is 0.866. The maximum Gasteiger partial charge on any atom is 0.317 e. The minimum Gasteiger partial charge on any atom is -0.496 e. The first-order chi connectivity index (χ1) is 10.7. The van der Waals surface area contributed by atoms with Crippen molar-refractivity contribution in [2.24, 2.45) is 0 Å². The van der Waals surface area contributed by atoms with Gasteiger partial charge in [-0.15, -0.1) is 0 Å². The summed E-state index contributed by atoms with van der Waals surface area (Å²) in [6.45, 7) is 4.33. The van der Waals surface area contributed by atoms with E-state index in [-0.39, 0.29) is 6.03 Å². The summed E-state index contributed by atoms with van der Waals surface area (Å²) in [7, 11) is 1.68. The molecule has 120 valence electrons. The molecule has 1 aromatic rings. The average molecular weight is 324 g/mol. The topological polar surface area (TPSA) is 44.8 Å². The predicted molar refractivity (Wildman–Crippen MR) is 86.4 cm³/mol. The summed E-state index contributed by atoms with van der Waals surface area (Å²) in [6, 6.07) is 6.10. The molecule has 2 saturated heterocycles. The molecule has 2 amide bonds. The number of urea groups is 1. The largest absolute Gasteiger partial charge is 0.496 e. The number of methoxy groups -OCH3 is 1. The van der Waals surface area contributed by atoms with Gasteiger partial charge in [0.1, 0.15) is 5.75 Å². The Balaban J connectivity index is 1.67. The van der Waals surface area contributed by atoms with Crippen molar-refractivity contribution in [3.05, 3.63) is 28.8 Å². The molecule has 0 unspecified atom stereocenters. The SMILES string of the molecule is COc1ccc(Cl)cc1CN1CCC[C@H](N2CCNC2=O)C1. The molecule has 0 aliphatic carbocycles. The Labute approximate surface area is 136 Å². The van der Waals surface area contributed by atoms with Crippen LogP contribution < -0.4 is 10.1 Å². The van der Waals surface area contributed by atoms with E-state index < -0.39 is 0 Å².